The van der Waals surface area contributed by atoms with E-state index in [9.17, 15) is 5.11 Å². The van der Waals surface area contributed by atoms with Crippen LogP contribution in [0.15, 0.2) is 12.3 Å². The van der Waals surface area contributed by atoms with Crippen molar-refractivity contribution in [3.05, 3.63) is 12.3 Å². The maximum absolute atomic E-state index is 10.2. The Morgan fingerprint density at radius 2 is 2.21 bits per heavy atom. The van der Waals surface area contributed by atoms with Crippen molar-refractivity contribution < 1.29 is 14.6 Å². The molecule has 0 saturated carbocycles. The van der Waals surface area contributed by atoms with Crippen LogP contribution in [0, 0.1) is 0 Å². The molecule has 1 N–H and O–H groups in total. The first-order chi connectivity index (χ1) is 6.54. The molecule has 1 heterocycles. The Bertz CT molecular complexity index is 211. The van der Waals surface area contributed by atoms with Crippen LogP contribution in [-0.4, -0.2) is 29.0 Å². The summed E-state index contributed by atoms with van der Waals surface area (Å²) in [5.41, 5.74) is -0.903. The smallest absolute Gasteiger partial charge is 0.155 e. The van der Waals surface area contributed by atoms with E-state index in [1.807, 2.05) is 26.8 Å². The number of ether oxygens (including phenoxy) is 2. The Balaban J connectivity index is 2.75. The number of aliphatic hydroxyl groups is 1. The van der Waals surface area contributed by atoms with Gasteiger partial charge in [-0.15, -0.1) is 0 Å². The molecule has 1 aliphatic rings. The molecule has 1 fully saturated rings. The fourth-order valence-corrected chi connectivity index (χ4v) is 1.78. The van der Waals surface area contributed by atoms with Crippen LogP contribution in [0.3, 0.4) is 0 Å². The summed E-state index contributed by atoms with van der Waals surface area (Å²) in [5, 5.41) is 10.2. The van der Waals surface area contributed by atoms with Gasteiger partial charge in [-0.05, 0) is 27.2 Å². The second-order valence-electron chi connectivity index (χ2n) is 3.98. The van der Waals surface area contributed by atoms with Crippen LogP contribution < -0.4 is 0 Å². The summed E-state index contributed by atoms with van der Waals surface area (Å²) in [5.74, 6) is 0. The molecule has 1 unspecified atom stereocenters. The monoisotopic (exact) mass is 200 g/mol. The fourth-order valence-electron chi connectivity index (χ4n) is 1.78. The molecular weight excluding hydrogens is 180 g/mol. The summed E-state index contributed by atoms with van der Waals surface area (Å²) < 4.78 is 11.1. The van der Waals surface area contributed by atoms with E-state index >= 15 is 0 Å². The summed E-state index contributed by atoms with van der Waals surface area (Å²) in [4.78, 5) is 0. The summed E-state index contributed by atoms with van der Waals surface area (Å²) in [6.07, 6.45) is 3.81. The largest absolute Gasteiger partial charge is 0.493 e. The lowest BCUT2D eigenvalue weighted by Crippen LogP contribution is -2.45. The van der Waals surface area contributed by atoms with E-state index in [4.69, 9.17) is 9.47 Å². The number of hydrogen-bond acceptors (Lipinski definition) is 3. The van der Waals surface area contributed by atoms with E-state index in [2.05, 4.69) is 0 Å². The predicted molar refractivity (Wildman–Crippen MR) is 54.9 cm³/mol. The van der Waals surface area contributed by atoms with Gasteiger partial charge in [0.1, 0.15) is 5.60 Å². The van der Waals surface area contributed by atoms with E-state index in [1.54, 1.807) is 13.2 Å². The fraction of sp³-hybridized carbons (Fsp3) is 0.818. The molecule has 0 aromatic carbocycles. The Kier molecular flexibility index (Phi) is 3.56. The minimum Gasteiger partial charge on any atom is -0.493 e. The first kappa shape index (κ1) is 11.5. The standard InChI is InChI=1S/C11H20O3/c1-5-7-13-10-9(6-2)14-8(3)11(10,4)12/h5,7-10,12H,6H2,1-4H3/b7-5+/t8-,9?,10+,11+/m0/s1. The highest BCUT2D eigenvalue weighted by Crippen LogP contribution is 2.34. The molecule has 82 valence electrons. The van der Waals surface area contributed by atoms with Gasteiger partial charge in [0.05, 0.1) is 18.5 Å². The van der Waals surface area contributed by atoms with E-state index in [-0.39, 0.29) is 18.3 Å². The van der Waals surface area contributed by atoms with Crippen LogP contribution in [0.25, 0.3) is 0 Å². The normalized spacial score (nSPS) is 43.4. The van der Waals surface area contributed by atoms with Crippen molar-refractivity contribution in [1.82, 2.24) is 0 Å². The minimum absolute atomic E-state index is 0.0174. The summed E-state index contributed by atoms with van der Waals surface area (Å²) in [6, 6.07) is 0. The third kappa shape index (κ3) is 1.93. The van der Waals surface area contributed by atoms with Crippen molar-refractivity contribution >= 4 is 0 Å². The van der Waals surface area contributed by atoms with Gasteiger partial charge in [-0.25, -0.2) is 0 Å². The molecule has 0 bridgehead atoms. The summed E-state index contributed by atoms with van der Waals surface area (Å²) in [7, 11) is 0. The SMILES string of the molecule is C/C=C/O[C@@H]1C(CC)O[C@@H](C)[C@@]1(C)O. The van der Waals surface area contributed by atoms with Crippen LogP contribution in [0.2, 0.25) is 0 Å². The lowest BCUT2D eigenvalue weighted by molar-refractivity contribution is -0.0614. The van der Waals surface area contributed by atoms with Gasteiger partial charge in [-0.3, -0.25) is 0 Å². The molecule has 0 amide bonds. The van der Waals surface area contributed by atoms with Gasteiger partial charge in [-0.2, -0.15) is 0 Å². The van der Waals surface area contributed by atoms with E-state index in [1.165, 1.54) is 0 Å². The van der Waals surface area contributed by atoms with Crippen LogP contribution >= 0.6 is 0 Å². The van der Waals surface area contributed by atoms with E-state index in [0.717, 1.165) is 6.42 Å². The first-order valence-electron chi connectivity index (χ1n) is 5.18. The highest BCUT2D eigenvalue weighted by Gasteiger charge is 2.51. The van der Waals surface area contributed by atoms with Crippen LogP contribution in [0.1, 0.15) is 34.1 Å². The van der Waals surface area contributed by atoms with Gasteiger partial charge in [0.2, 0.25) is 0 Å². The molecule has 0 aromatic rings. The van der Waals surface area contributed by atoms with Gasteiger partial charge < -0.3 is 14.6 Å². The van der Waals surface area contributed by atoms with Crippen molar-refractivity contribution in [3.8, 4) is 0 Å². The molecule has 1 rings (SSSR count). The van der Waals surface area contributed by atoms with E-state index < -0.39 is 5.60 Å². The second kappa shape index (κ2) is 4.32. The topological polar surface area (TPSA) is 38.7 Å². The first-order valence-corrected chi connectivity index (χ1v) is 5.18. The van der Waals surface area contributed by atoms with Crippen molar-refractivity contribution in [1.29, 1.82) is 0 Å². The van der Waals surface area contributed by atoms with Crippen molar-refractivity contribution in [3.63, 3.8) is 0 Å². The highest BCUT2D eigenvalue weighted by molar-refractivity contribution is 5.00. The van der Waals surface area contributed by atoms with Gasteiger partial charge in [-0.1, -0.05) is 13.0 Å². The van der Waals surface area contributed by atoms with E-state index in [0.29, 0.717) is 0 Å². The van der Waals surface area contributed by atoms with Crippen LogP contribution in [-0.2, 0) is 9.47 Å². The Morgan fingerprint density at radius 3 is 2.71 bits per heavy atom. The zero-order valence-corrected chi connectivity index (χ0v) is 9.36. The number of hydrogen-bond donors (Lipinski definition) is 1. The highest BCUT2D eigenvalue weighted by atomic mass is 16.6. The Labute approximate surface area is 85.7 Å². The minimum atomic E-state index is -0.903. The molecule has 0 spiro atoms. The maximum Gasteiger partial charge on any atom is 0.155 e. The van der Waals surface area contributed by atoms with Crippen LogP contribution in [0.4, 0.5) is 0 Å². The summed E-state index contributed by atoms with van der Waals surface area (Å²) in [6.45, 7) is 7.56. The third-order valence-electron chi connectivity index (χ3n) is 2.88. The molecule has 1 saturated heterocycles. The number of rotatable bonds is 3. The third-order valence-corrected chi connectivity index (χ3v) is 2.88. The lowest BCUT2D eigenvalue weighted by atomic mass is 9.93. The van der Waals surface area contributed by atoms with Crippen molar-refractivity contribution in [2.75, 3.05) is 0 Å². The van der Waals surface area contributed by atoms with Crippen molar-refractivity contribution in [2.45, 2.75) is 58.0 Å². The van der Waals surface area contributed by atoms with Crippen molar-refractivity contribution in [2.24, 2.45) is 0 Å². The average molecular weight is 200 g/mol. The average Bonchev–Trinajstić information content (AvgIpc) is 2.36. The molecular formula is C11H20O3. The zero-order chi connectivity index (χ0) is 10.8. The lowest BCUT2D eigenvalue weighted by Gasteiger charge is -2.27. The molecule has 1 aliphatic heterocycles. The Hall–Kier alpha value is -0.540. The molecule has 0 aromatic heterocycles. The second-order valence-corrected chi connectivity index (χ2v) is 3.98. The quantitative estimate of drug-likeness (QED) is 0.707. The molecule has 14 heavy (non-hydrogen) atoms. The molecule has 0 radical (unpaired) electrons. The molecule has 4 atom stereocenters. The summed E-state index contributed by atoms with van der Waals surface area (Å²) >= 11 is 0. The number of allylic oxidation sites excluding steroid dienone is 1. The van der Waals surface area contributed by atoms with Gasteiger partial charge >= 0.3 is 0 Å². The maximum atomic E-state index is 10.2. The Morgan fingerprint density at radius 1 is 1.57 bits per heavy atom. The van der Waals surface area contributed by atoms with Gasteiger partial charge in [0.15, 0.2) is 6.10 Å². The van der Waals surface area contributed by atoms with Gasteiger partial charge in [0.25, 0.3) is 0 Å². The van der Waals surface area contributed by atoms with Crippen LogP contribution in [0.5, 0.6) is 0 Å². The van der Waals surface area contributed by atoms with Gasteiger partial charge in [0, 0.05) is 0 Å². The molecule has 3 heteroatoms. The molecule has 0 aliphatic carbocycles. The predicted octanol–water partition coefficient (Wildman–Crippen LogP) is 1.85. The zero-order valence-electron chi connectivity index (χ0n) is 9.36. The molecule has 3 nitrogen and oxygen atoms in total.